The number of carbonyl (C=O) groups excluding carboxylic acids is 2. The Bertz CT molecular complexity index is 994. The van der Waals surface area contributed by atoms with Gasteiger partial charge in [-0.2, -0.15) is 0 Å². The summed E-state index contributed by atoms with van der Waals surface area (Å²) in [4.78, 5) is 25.8. The number of esters is 1. The first-order valence-corrected chi connectivity index (χ1v) is 9.50. The van der Waals surface area contributed by atoms with Gasteiger partial charge in [0.15, 0.2) is 5.78 Å². The van der Waals surface area contributed by atoms with Gasteiger partial charge in [-0.05, 0) is 43.0 Å². The number of allylic oxidation sites excluding steroid dienone is 3. The van der Waals surface area contributed by atoms with E-state index in [1.807, 2.05) is 31.2 Å². The smallest absolute Gasteiger partial charge is 0.336 e. The highest BCUT2D eigenvalue weighted by atomic mass is 16.5. The summed E-state index contributed by atoms with van der Waals surface area (Å²) in [5.74, 6) is -0.624. The summed E-state index contributed by atoms with van der Waals surface area (Å²) in [6.07, 6.45) is 2.20. The summed E-state index contributed by atoms with van der Waals surface area (Å²) >= 11 is 0. The highest BCUT2D eigenvalue weighted by molar-refractivity contribution is 6.05. The van der Waals surface area contributed by atoms with Gasteiger partial charge in [-0.1, -0.05) is 42.5 Å². The third-order valence-electron chi connectivity index (χ3n) is 5.41. The van der Waals surface area contributed by atoms with Crippen molar-refractivity contribution < 1.29 is 14.3 Å². The molecule has 2 aromatic rings. The number of hydrogen-bond acceptors (Lipinski definition) is 4. The van der Waals surface area contributed by atoms with Crippen molar-refractivity contribution in [2.45, 2.75) is 39.0 Å². The van der Waals surface area contributed by atoms with Crippen molar-refractivity contribution >= 4 is 22.5 Å². The van der Waals surface area contributed by atoms with Crippen molar-refractivity contribution in [1.82, 2.24) is 5.32 Å². The van der Waals surface area contributed by atoms with Gasteiger partial charge in [-0.15, -0.1) is 0 Å². The minimum Gasteiger partial charge on any atom is -0.463 e. The lowest BCUT2D eigenvalue weighted by molar-refractivity contribution is -0.138. The largest absolute Gasteiger partial charge is 0.463 e. The average molecular weight is 361 g/mol. The van der Waals surface area contributed by atoms with Crippen LogP contribution in [0.1, 0.15) is 44.6 Å². The van der Waals surface area contributed by atoms with E-state index in [1.54, 1.807) is 6.92 Å². The Kier molecular flexibility index (Phi) is 4.56. The fourth-order valence-corrected chi connectivity index (χ4v) is 4.28. The lowest BCUT2D eigenvalue weighted by Gasteiger charge is -2.34. The summed E-state index contributed by atoms with van der Waals surface area (Å²) in [5, 5.41) is 5.48. The molecular formula is C23H23NO3. The fourth-order valence-electron chi connectivity index (χ4n) is 4.28. The second-order valence-corrected chi connectivity index (χ2v) is 7.05. The number of dihydropyridines is 1. The maximum Gasteiger partial charge on any atom is 0.336 e. The standard InChI is InChI=1S/C23H23NO3/c1-3-27-23(26)20-14(2)24-18-12-7-13-19(25)22(18)21(20)17-11-6-9-15-8-4-5-10-16(15)17/h4-6,8-11,21,24H,3,7,12-13H2,1-2H3/t21-/m0/s1. The molecule has 0 unspecified atom stereocenters. The summed E-state index contributed by atoms with van der Waals surface area (Å²) in [5.41, 5.74) is 3.99. The van der Waals surface area contributed by atoms with Gasteiger partial charge in [0.2, 0.25) is 0 Å². The SMILES string of the molecule is CCOC(=O)C1=C(C)NC2=C(C(=O)CCC2)[C@H]1c1cccc2ccccc12. The van der Waals surface area contributed by atoms with E-state index in [0.717, 1.165) is 46.1 Å². The monoisotopic (exact) mass is 361 g/mol. The van der Waals surface area contributed by atoms with E-state index in [4.69, 9.17) is 4.74 Å². The molecule has 2 aromatic carbocycles. The van der Waals surface area contributed by atoms with Crippen LogP contribution < -0.4 is 5.32 Å². The van der Waals surface area contributed by atoms with E-state index in [9.17, 15) is 9.59 Å². The van der Waals surface area contributed by atoms with Crippen molar-refractivity contribution in [2.75, 3.05) is 6.61 Å². The van der Waals surface area contributed by atoms with Gasteiger partial charge < -0.3 is 10.1 Å². The molecule has 27 heavy (non-hydrogen) atoms. The van der Waals surface area contributed by atoms with E-state index in [0.29, 0.717) is 18.6 Å². The molecule has 1 aliphatic carbocycles. The molecule has 1 N–H and O–H groups in total. The second-order valence-electron chi connectivity index (χ2n) is 7.05. The number of fused-ring (bicyclic) bond motifs is 1. The average Bonchev–Trinajstić information content (AvgIpc) is 2.67. The molecule has 2 aliphatic rings. The Morgan fingerprint density at radius 2 is 1.93 bits per heavy atom. The van der Waals surface area contributed by atoms with E-state index in [-0.39, 0.29) is 17.7 Å². The summed E-state index contributed by atoms with van der Waals surface area (Å²) in [6.45, 7) is 4.00. The highest BCUT2D eigenvalue weighted by Crippen LogP contribution is 2.44. The maximum absolute atomic E-state index is 12.9. The van der Waals surface area contributed by atoms with Crippen LogP contribution in [0.2, 0.25) is 0 Å². The number of ether oxygens (including phenoxy) is 1. The molecule has 1 atom stereocenters. The van der Waals surface area contributed by atoms with Crippen LogP contribution in [0.3, 0.4) is 0 Å². The topological polar surface area (TPSA) is 55.4 Å². The number of nitrogens with one attached hydrogen (secondary N) is 1. The molecule has 1 heterocycles. The molecular weight excluding hydrogens is 338 g/mol. The number of Topliss-reactive ketones (excluding diaryl/α,β-unsaturated/α-hetero) is 1. The number of rotatable bonds is 3. The van der Waals surface area contributed by atoms with E-state index in [2.05, 4.69) is 23.5 Å². The predicted octanol–water partition coefficient (Wildman–Crippen LogP) is 4.37. The van der Waals surface area contributed by atoms with Gasteiger partial charge in [-0.25, -0.2) is 4.79 Å². The van der Waals surface area contributed by atoms with Gasteiger partial charge in [-0.3, -0.25) is 4.79 Å². The van der Waals surface area contributed by atoms with Crippen molar-refractivity contribution in [2.24, 2.45) is 0 Å². The molecule has 0 saturated carbocycles. The van der Waals surface area contributed by atoms with Gasteiger partial charge in [0, 0.05) is 29.3 Å². The Balaban J connectivity index is 1.98. The lowest BCUT2D eigenvalue weighted by atomic mass is 9.74. The Hall–Kier alpha value is -2.88. The molecule has 0 amide bonds. The molecule has 1 aliphatic heterocycles. The molecule has 4 rings (SSSR count). The van der Waals surface area contributed by atoms with Crippen LogP contribution >= 0.6 is 0 Å². The Morgan fingerprint density at radius 3 is 2.74 bits per heavy atom. The summed E-state index contributed by atoms with van der Waals surface area (Å²) in [7, 11) is 0. The highest BCUT2D eigenvalue weighted by Gasteiger charge is 2.39. The van der Waals surface area contributed by atoms with Crippen molar-refractivity contribution in [1.29, 1.82) is 0 Å². The maximum atomic E-state index is 12.9. The molecule has 0 fully saturated rings. The van der Waals surface area contributed by atoms with E-state index < -0.39 is 0 Å². The van der Waals surface area contributed by atoms with Crippen LogP contribution in [-0.2, 0) is 14.3 Å². The van der Waals surface area contributed by atoms with Crippen molar-refractivity contribution in [3.8, 4) is 0 Å². The number of benzene rings is 2. The number of carbonyl (C=O) groups is 2. The van der Waals surface area contributed by atoms with Crippen LogP contribution in [0.5, 0.6) is 0 Å². The first-order chi connectivity index (χ1) is 13.1. The molecule has 138 valence electrons. The zero-order valence-electron chi connectivity index (χ0n) is 15.7. The zero-order chi connectivity index (χ0) is 19.0. The fraction of sp³-hybridized carbons (Fsp3) is 0.304. The third-order valence-corrected chi connectivity index (χ3v) is 5.41. The van der Waals surface area contributed by atoms with Gasteiger partial charge >= 0.3 is 5.97 Å². The van der Waals surface area contributed by atoms with E-state index >= 15 is 0 Å². The molecule has 0 aromatic heterocycles. The first kappa shape index (κ1) is 17.5. The van der Waals surface area contributed by atoms with Crippen molar-refractivity contribution in [3.63, 3.8) is 0 Å². The summed E-state index contributed by atoms with van der Waals surface area (Å²) < 4.78 is 5.36. The van der Waals surface area contributed by atoms with Crippen LogP contribution in [-0.4, -0.2) is 18.4 Å². The zero-order valence-corrected chi connectivity index (χ0v) is 15.7. The third kappa shape index (κ3) is 2.95. The Labute approximate surface area is 158 Å². The molecule has 4 nitrogen and oxygen atoms in total. The van der Waals surface area contributed by atoms with Gasteiger partial charge in [0.1, 0.15) is 0 Å². The minimum atomic E-state index is -0.390. The molecule has 0 spiro atoms. The van der Waals surface area contributed by atoms with Gasteiger partial charge in [0.05, 0.1) is 12.2 Å². The second kappa shape index (κ2) is 7.03. The number of ketones is 1. The lowest BCUT2D eigenvalue weighted by Crippen LogP contribution is -2.34. The van der Waals surface area contributed by atoms with Crippen LogP contribution in [0, 0.1) is 0 Å². The first-order valence-electron chi connectivity index (χ1n) is 9.50. The van der Waals surface area contributed by atoms with Crippen molar-refractivity contribution in [3.05, 3.63) is 70.6 Å². The van der Waals surface area contributed by atoms with Crippen LogP contribution in [0.4, 0.5) is 0 Å². The Morgan fingerprint density at radius 1 is 1.15 bits per heavy atom. The predicted molar refractivity (Wildman–Crippen MR) is 105 cm³/mol. The summed E-state index contributed by atoms with van der Waals surface area (Å²) in [6, 6.07) is 14.2. The number of hydrogen-bond donors (Lipinski definition) is 1. The molecule has 0 radical (unpaired) electrons. The van der Waals surface area contributed by atoms with Crippen LogP contribution in [0.25, 0.3) is 10.8 Å². The van der Waals surface area contributed by atoms with E-state index in [1.165, 1.54) is 0 Å². The normalized spacial score (nSPS) is 19.8. The van der Waals surface area contributed by atoms with Crippen LogP contribution in [0.15, 0.2) is 65.0 Å². The molecule has 0 saturated heterocycles. The van der Waals surface area contributed by atoms with Gasteiger partial charge in [0.25, 0.3) is 0 Å². The molecule has 4 heteroatoms. The molecule has 0 bridgehead atoms. The quantitative estimate of drug-likeness (QED) is 0.825. The minimum absolute atomic E-state index is 0.121.